The van der Waals surface area contributed by atoms with Crippen molar-refractivity contribution in [2.75, 3.05) is 40.0 Å². The minimum Gasteiger partial charge on any atom is -0.464 e. The zero-order valence-corrected chi connectivity index (χ0v) is 44.0. The van der Waals surface area contributed by atoms with Crippen LogP contribution in [0, 0.1) is 17.3 Å². The lowest BCUT2D eigenvalue weighted by atomic mass is 9.84. The van der Waals surface area contributed by atoms with Crippen molar-refractivity contribution in [2.45, 2.75) is 110 Å². The average molecular weight is 1040 g/mol. The van der Waals surface area contributed by atoms with Gasteiger partial charge in [-0.25, -0.2) is 10.4 Å². The molecule has 2 amide bonds. The number of hydrazine groups is 1. The van der Waals surface area contributed by atoms with Crippen LogP contribution in [0.3, 0.4) is 0 Å². The highest BCUT2D eigenvalue weighted by atomic mass is 32.1. The van der Waals surface area contributed by atoms with Gasteiger partial charge in [0.25, 0.3) is 5.91 Å². The molecule has 0 aliphatic carbocycles. The Balaban J connectivity index is 1.11. The molecular formula is C56H67F3N8O6S. The molecule has 4 atom stereocenters. The molecule has 18 heteroatoms. The Morgan fingerprint density at radius 2 is 1.74 bits per heavy atom. The highest BCUT2D eigenvalue weighted by molar-refractivity contribution is 7.09. The number of hydrogen-bond acceptors (Lipinski definition) is 12. The second kappa shape index (κ2) is 23.2. The minimum atomic E-state index is -4.62. The molecule has 14 nitrogen and oxygen atoms in total. The van der Waals surface area contributed by atoms with Gasteiger partial charge in [0.15, 0.2) is 0 Å². The summed E-state index contributed by atoms with van der Waals surface area (Å²) in [7, 11) is 1.50. The molecule has 74 heavy (non-hydrogen) atoms. The third-order valence-corrected chi connectivity index (χ3v) is 14.9. The lowest BCUT2D eigenvalue weighted by Gasteiger charge is -2.45. The van der Waals surface area contributed by atoms with Crippen LogP contribution in [-0.2, 0) is 48.0 Å². The zero-order chi connectivity index (χ0) is 52.9. The number of hydrogen-bond donors (Lipinski definition) is 2. The number of rotatable bonds is 15. The average Bonchev–Trinajstić information content (AvgIpc) is 3.95. The molecule has 0 saturated carbocycles. The number of alkyl halides is 3. The SMILES string of the molecule is C=C/C(=C(\N=C/C)[C@H](C)OC)c1c2c3cc(ccc3n1CC(F)(F)F)-c1nc(ns1)C[C@H](NC(=O)[C@@H](COC1CN(C(c3ccccc3)c3ccccc3)C1)C(C)C)C(=O)N1CCC[C@H](N1)C(=O)OCC(C)(C)C2. The number of amides is 2. The van der Waals surface area contributed by atoms with E-state index >= 15 is 0 Å². The number of cyclic esters (lactones) is 1. The molecule has 2 saturated heterocycles. The molecular weight excluding hydrogens is 970 g/mol. The summed E-state index contributed by atoms with van der Waals surface area (Å²) in [6.07, 6.45) is -1.32. The van der Waals surface area contributed by atoms with Crippen molar-refractivity contribution in [3.63, 3.8) is 0 Å². The second-order valence-corrected chi connectivity index (χ2v) is 21.3. The number of esters is 1. The van der Waals surface area contributed by atoms with Crippen LogP contribution >= 0.6 is 11.5 Å². The van der Waals surface area contributed by atoms with Crippen LogP contribution in [-0.4, -0.2) is 118 Å². The van der Waals surface area contributed by atoms with Crippen LogP contribution in [0.25, 0.3) is 27.0 Å². The zero-order valence-electron chi connectivity index (χ0n) is 43.2. The summed E-state index contributed by atoms with van der Waals surface area (Å²) in [6.45, 7) is 15.6. The van der Waals surface area contributed by atoms with Gasteiger partial charge >= 0.3 is 12.1 Å². The van der Waals surface area contributed by atoms with E-state index in [1.54, 1.807) is 32.2 Å². The van der Waals surface area contributed by atoms with E-state index in [2.05, 4.69) is 55.9 Å². The van der Waals surface area contributed by atoms with Crippen LogP contribution < -0.4 is 10.7 Å². The van der Waals surface area contributed by atoms with Crippen molar-refractivity contribution < 1.29 is 41.8 Å². The van der Waals surface area contributed by atoms with E-state index in [1.165, 1.54) is 33.9 Å². The fourth-order valence-electron chi connectivity index (χ4n) is 10.2. The summed E-state index contributed by atoms with van der Waals surface area (Å²) in [5.41, 5.74) is 7.12. The van der Waals surface area contributed by atoms with Gasteiger partial charge < -0.3 is 24.1 Å². The van der Waals surface area contributed by atoms with Gasteiger partial charge in [0.05, 0.1) is 48.8 Å². The van der Waals surface area contributed by atoms with Gasteiger partial charge in [-0.15, -0.1) is 0 Å². The third-order valence-electron chi connectivity index (χ3n) is 14.1. The number of benzene rings is 3. The lowest BCUT2D eigenvalue weighted by Crippen LogP contribution is -2.61. The molecule has 5 heterocycles. The number of nitrogens with one attached hydrogen (secondary N) is 2. The fraction of sp³-hybridized carbons (Fsp3) is 0.464. The summed E-state index contributed by atoms with van der Waals surface area (Å²) >= 11 is 1.08. The smallest absolute Gasteiger partial charge is 0.406 e. The molecule has 2 N–H and O–H groups in total. The molecule has 0 spiro atoms. The van der Waals surface area contributed by atoms with Crippen molar-refractivity contribution in [1.29, 1.82) is 0 Å². The van der Waals surface area contributed by atoms with Gasteiger partial charge in [-0.05, 0) is 85.4 Å². The van der Waals surface area contributed by atoms with E-state index < -0.39 is 54.1 Å². The second-order valence-electron chi connectivity index (χ2n) is 20.6. The van der Waals surface area contributed by atoms with E-state index in [9.17, 15) is 27.6 Å². The molecule has 8 rings (SSSR count). The third kappa shape index (κ3) is 12.4. The quantitative estimate of drug-likeness (QED) is 0.0590. The number of aromatic nitrogens is 3. The highest BCUT2D eigenvalue weighted by Gasteiger charge is 2.40. The van der Waals surface area contributed by atoms with Crippen molar-refractivity contribution in [2.24, 2.45) is 22.2 Å². The van der Waals surface area contributed by atoms with E-state index in [0.717, 1.165) is 11.5 Å². The first-order chi connectivity index (χ1) is 35.4. The highest BCUT2D eigenvalue weighted by Crippen LogP contribution is 2.42. The number of allylic oxidation sites excluding steroid dienone is 2. The van der Waals surface area contributed by atoms with Crippen molar-refractivity contribution in [3.05, 3.63) is 125 Å². The molecule has 0 radical (unpaired) electrons. The summed E-state index contributed by atoms with van der Waals surface area (Å²) < 4.78 is 68.3. The van der Waals surface area contributed by atoms with Gasteiger partial charge in [-0.2, -0.15) is 17.5 Å². The van der Waals surface area contributed by atoms with Crippen LogP contribution in [0.5, 0.6) is 0 Å². The minimum absolute atomic E-state index is 0.0535. The monoisotopic (exact) mass is 1040 g/mol. The molecule has 6 bridgehead atoms. The Hall–Kier alpha value is -6.05. The lowest BCUT2D eigenvalue weighted by molar-refractivity contribution is -0.155. The normalized spacial score (nSPS) is 20.3. The molecule has 2 aromatic heterocycles. The van der Waals surface area contributed by atoms with Crippen molar-refractivity contribution >= 4 is 52.0 Å². The first-order valence-electron chi connectivity index (χ1n) is 25.3. The van der Waals surface area contributed by atoms with Gasteiger partial charge in [0.2, 0.25) is 5.91 Å². The predicted octanol–water partition coefficient (Wildman–Crippen LogP) is 9.16. The molecule has 3 aromatic carbocycles. The largest absolute Gasteiger partial charge is 0.464 e. The maximum absolute atomic E-state index is 14.7. The fourth-order valence-corrected chi connectivity index (χ4v) is 10.8. The Kier molecular flexibility index (Phi) is 17.0. The topological polar surface area (TPSA) is 153 Å². The summed E-state index contributed by atoms with van der Waals surface area (Å²) in [5.74, 6) is -1.91. The predicted molar refractivity (Wildman–Crippen MR) is 281 cm³/mol. The van der Waals surface area contributed by atoms with Crippen LogP contribution in [0.4, 0.5) is 13.2 Å². The number of carbonyl (C=O) groups excluding carboxylic acids is 3. The molecule has 0 unspecified atom stereocenters. The number of ether oxygens (including phenoxy) is 3. The van der Waals surface area contributed by atoms with Gasteiger partial charge in [-0.1, -0.05) is 101 Å². The van der Waals surface area contributed by atoms with E-state index in [1.807, 2.05) is 70.2 Å². The Morgan fingerprint density at radius 3 is 2.36 bits per heavy atom. The maximum Gasteiger partial charge on any atom is 0.406 e. The van der Waals surface area contributed by atoms with Crippen molar-refractivity contribution in [1.82, 2.24) is 34.6 Å². The molecule has 2 fully saturated rings. The molecule has 3 aliphatic heterocycles. The number of halogens is 3. The summed E-state index contributed by atoms with van der Waals surface area (Å²) in [4.78, 5) is 54.9. The van der Waals surface area contributed by atoms with Gasteiger partial charge in [0.1, 0.15) is 29.5 Å². The number of nitrogens with zero attached hydrogens (tertiary/aromatic N) is 6. The maximum atomic E-state index is 14.7. The molecule has 5 aromatic rings. The molecule has 3 aliphatic rings. The van der Waals surface area contributed by atoms with Crippen LogP contribution in [0.1, 0.15) is 88.6 Å². The molecule has 394 valence electrons. The number of carbonyl (C=O) groups is 3. The standard InChI is InChI=1S/C56H67F3N8O6S/c1-9-40(48(60-10-2)35(5)71-8)50-42-28-55(6,7)33-73-54(70)44-22-17-25-67(63-44)53(69)45(27-47-62-52(74-64-47)38-23-24-46(41(42)26-38)66(50)32-56(57,58)59)61-51(68)43(34(3)4)31-72-39-29-65(30-39)49(36-18-13-11-14-19-36)37-20-15-12-16-21-37/h9-16,18-21,23-24,26,34-35,39,43-45,49,63H,1,17,22,25,27-33H2,2-8H3,(H,61,68)/b48-40+,60-10-/t35-,43-,44-,45-/m0/s1. The Morgan fingerprint density at radius 1 is 1.05 bits per heavy atom. The number of methoxy groups -OCH3 is 1. The Labute approximate surface area is 435 Å². The Bertz CT molecular complexity index is 2820. The van der Waals surface area contributed by atoms with Gasteiger partial charge in [0, 0.05) is 66.8 Å². The summed E-state index contributed by atoms with van der Waals surface area (Å²) in [6, 6.07) is 23.9. The van der Waals surface area contributed by atoms with E-state index in [4.69, 9.17) is 19.2 Å². The van der Waals surface area contributed by atoms with Gasteiger partial charge in [-0.3, -0.25) is 29.3 Å². The first kappa shape index (κ1) is 54.2. The number of fused-ring (bicyclic) bond motifs is 6. The number of likely N-dealkylation sites (tertiary alicyclic amines) is 1. The van der Waals surface area contributed by atoms with E-state index in [0.29, 0.717) is 64.2 Å². The first-order valence-corrected chi connectivity index (χ1v) is 26.1. The van der Waals surface area contributed by atoms with E-state index in [-0.39, 0.29) is 68.1 Å². The number of aliphatic imine (C=N–C) groups is 1. The van der Waals surface area contributed by atoms with Crippen molar-refractivity contribution in [3.8, 4) is 10.6 Å². The summed E-state index contributed by atoms with van der Waals surface area (Å²) in [5, 5.41) is 5.40. The van der Waals surface area contributed by atoms with Crippen LogP contribution in [0.2, 0.25) is 0 Å². The van der Waals surface area contributed by atoms with Crippen LogP contribution in [0.15, 0.2) is 102 Å².